The highest BCUT2D eigenvalue weighted by Gasteiger charge is 2.09. The van der Waals surface area contributed by atoms with E-state index in [4.69, 9.17) is 15.2 Å². The Balaban J connectivity index is 2.77. The molecule has 0 radical (unpaired) electrons. The lowest BCUT2D eigenvalue weighted by atomic mass is 10.1. The highest BCUT2D eigenvalue weighted by Crippen LogP contribution is 2.31. The monoisotopic (exact) mass is 238 g/mol. The molecule has 0 atom stereocenters. The van der Waals surface area contributed by atoms with Crippen LogP contribution in [0.2, 0.25) is 0 Å². The van der Waals surface area contributed by atoms with Crippen LogP contribution in [0.5, 0.6) is 11.5 Å². The second kappa shape index (κ2) is 7.14. The van der Waals surface area contributed by atoms with Crippen LogP contribution in [0.25, 0.3) is 0 Å². The summed E-state index contributed by atoms with van der Waals surface area (Å²) in [5.41, 5.74) is 6.70. The van der Waals surface area contributed by atoms with Gasteiger partial charge in [0.25, 0.3) is 0 Å². The van der Waals surface area contributed by atoms with Crippen molar-refractivity contribution in [3.05, 3.63) is 23.8 Å². The van der Waals surface area contributed by atoms with Crippen LogP contribution >= 0.6 is 0 Å². The zero-order chi connectivity index (χ0) is 12.7. The summed E-state index contributed by atoms with van der Waals surface area (Å²) < 4.78 is 11.1. The number of hydrogen-bond acceptors (Lipinski definition) is 4. The molecule has 0 saturated heterocycles. The van der Waals surface area contributed by atoms with E-state index in [1.165, 1.54) is 0 Å². The average Bonchev–Trinajstić information content (AvgIpc) is 2.30. The number of benzene rings is 1. The van der Waals surface area contributed by atoms with Crippen LogP contribution in [0, 0.1) is 0 Å². The van der Waals surface area contributed by atoms with E-state index in [0.29, 0.717) is 13.2 Å². The Morgan fingerprint density at radius 3 is 2.65 bits per heavy atom. The predicted octanol–water partition coefficient (Wildman–Crippen LogP) is 1.14. The van der Waals surface area contributed by atoms with Gasteiger partial charge in [-0.15, -0.1) is 0 Å². The second-order valence-electron chi connectivity index (χ2n) is 4.14. The average molecular weight is 238 g/mol. The molecule has 0 aromatic heterocycles. The van der Waals surface area contributed by atoms with Crippen LogP contribution < -0.4 is 15.2 Å². The van der Waals surface area contributed by atoms with Gasteiger partial charge in [-0.25, -0.2) is 0 Å². The summed E-state index contributed by atoms with van der Waals surface area (Å²) >= 11 is 0. The van der Waals surface area contributed by atoms with Crippen molar-refractivity contribution in [2.24, 2.45) is 5.73 Å². The molecule has 1 aromatic rings. The summed E-state index contributed by atoms with van der Waals surface area (Å²) in [6.45, 7) is 2.13. The van der Waals surface area contributed by atoms with Crippen molar-refractivity contribution in [3.8, 4) is 11.5 Å². The zero-order valence-corrected chi connectivity index (χ0v) is 10.9. The van der Waals surface area contributed by atoms with Gasteiger partial charge in [-0.3, -0.25) is 0 Å². The maximum atomic E-state index is 5.80. The van der Waals surface area contributed by atoms with Crippen LogP contribution in [0.4, 0.5) is 0 Å². The van der Waals surface area contributed by atoms with Gasteiger partial charge in [0.1, 0.15) is 6.61 Å². The molecule has 0 amide bonds. The van der Waals surface area contributed by atoms with E-state index in [9.17, 15) is 0 Å². The summed E-state index contributed by atoms with van der Waals surface area (Å²) in [5, 5.41) is 0. The first-order valence-electron chi connectivity index (χ1n) is 5.82. The maximum absolute atomic E-state index is 5.80. The Morgan fingerprint density at radius 1 is 1.29 bits per heavy atom. The Kier molecular flexibility index (Phi) is 5.80. The van der Waals surface area contributed by atoms with Gasteiger partial charge in [-0.05, 0) is 38.7 Å². The van der Waals surface area contributed by atoms with Crippen molar-refractivity contribution < 1.29 is 9.47 Å². The topological polar surface area (TPSA) is 47.7 Å². The molecule has 0 aliphatic rings. The summed E-state index contributed by atoms with van der Waals surface area (Å²) in [6.07, 6.45) is 0.800. The quantitative estimate of drug-likeness (QED) is 0.774. The molecule has 0 saturated carbocycles. The number of methoxy groups -OCH3 is 1. The van der Waals surface area contributed by atoms with Crippen LogP contribution in [-0.4, -0.2) is 45.8 Å². The first-order chi connectivity index (χ1) is 8.19. The lowest BCUT2D eigenvalue weighted by Crippen LogP contribution is -2.20. The third-order valence-corrected chi connectivity index (χ3v) is 2.48. The minimum atomic E-state index is 0.608. The summed E-state index contributed by atoms with van der Waals surface area (Å²) in [7, 11) is 5.69. The number of nitrogens with zero attached hydrogens (tertiary/aromatic N) is 1. The normalized spacial score (nSPS) is 10.6. The molecule has 0 fully saturated rings. The lowest BCUT2D eigenvalue weighted by Gasteiger charge is -2.16. The number of ether oxygens (including phenoxy) is 2. The van der Waals surface area contributed by atoms with Crippen LogP contribution in [0.15, 0.2) is 18.2 Å². The summed E-state index contributed by atoms with van der Waals surface area (Å²) in [6, 6.07) is 5.90. The predicted molar refractivity (Wildman–Crippen MR) is 69.8 cm³/mol. The molecule has 96 valence electrons. The lowest BCUT2D eigenvalue weighted by molar-refractivity contribution is 0.248. The molecule has 0 unspecified atom stereocenters. The van der Waals surface area contributed by atoms with Crippen molar-refractivity contribution in [2.75, 3.05) is 40.9 Å². The highest BCUT2D eigenvalue weighted by atomic mass is 16.5. The Hall–Kier alpha value is -1.26. The minimum absolute atomic E-state index is 0.608. The molecule has 1 rings (SSSR count). The Bertz CT molecular complexity index is 340. The van der Waals surface area contributed by atoms with Crippen molar-refractivity contribution in [3.63, 3.8) is 0 Å². The third-order valence-electron chi connectivity index (χ3n) is 2.48. The maximum Gasteiger partial charge on any atom is 0.164 e. The van der Waals surface area contributed by atoms with Gasteiger partial charge in [0.2, 0.25) is 0 Å². The molecule has 4 nitrogen and oxygen atoms in total. The smallest absolute Gasteiger partial charge is 0.164 e. The molecule has 0 bridgehead atoms. The van der Waals surface area contributed by atoms with Gasteiger partial charge in [0, 0.05) is 6.54 Å². The summed E-state index contributed by atoms with van der Waals surface area (Å²) in [5.74, 6) is 1.59. The minimum Gasteiger partial charge on any atom is -0.493 e. The van der Waals surface area contributed by atoms with Crippen LogP contribution in [-0.2, 0) is 6.42 Å². The van der Waals surface area contributed by atoms with E-state index >= 15 is 0 Å². The Morgan fingerprint density at radius 2 is 2.06 bits per heavy atom. The summed E-state index contributed by atoms with van der Waals surface area (Å²) in [4.78, 5) is 2.08. The number of likely N-dealkylation sites (N-methyl/N-ethyl adjacent to an activating group) is 1. The molecule has 1 aromatic carbocycles. The van der Waals surface area contributed by atoms with E-state index in [1.54, 1.807) is 7.11 Å². The van der Waals surface area contributed by atoms with E-state index in [2.05, 4.69) is 4.90 Å². The van der Waals surface area contributed by atoms with E-state index < -0.39 is 0 Å². The zero-order valence-electron chi connectivity index (χ0n) is 10.9. The largest absolute Gasteiger partial charge is 0.493 e. The molecule has 2 N–H and O–H groups in total. The van der Waals surface area contributed by atoms with Gasteiger partial charge in [-0.2, -0.15) is 0 Å². The second-order valence-corrected chi connectivity index (χ2v) is 4.14. The fourth-order valence-electron chi connectivity index (χ4n) is 1.57. The molecule has 0 heterocycles. The molecule has 4 heteroatoms. The number of para-hydroxylation sites is 1. The van der Waals surface area contributed by atoms with Crippen molar-refractivity contribution in [1.82, 2.24) is 4.90 Å². The molecular weight excluding hydrogens is 216 g/mol. The van der Waals surface area contributed by atoms with Gasteiger partial charge in [-0.1, -0.05) is 12.1 Å². The Labute approximate surface area is 103 Å². The molecule has 17 heavy (non-hydrogen) atoms. The van der Waals surface area contributed by atoms with Gasteiger partial charge in [0.15, 0.2) is 11.5 Å². The van der Waals surface area contributed by atoms with Crippen molar-refractivity contribution in [2.45, 2.75) is 6.42 Å². The number of rotatable bonds is 7. The van der Waals surface area contributed by atoms with Crippen LogP contribution in [0.1, 0.15) is 5.56 Å². The first-order valence-corrected chi connectivity index (χ1v) is 5.82. The molecule has 0 aliphatic carbocycles. The van der Waals surface area contributed by atoms with Gasteiger partial charge in [0.05, 0.1) is 7.11 Å². The number of hydrogen-bond donors (Lipinski definition) is 1. The fourth-order valence-corrected chi connectivity index (χ4v) is 1.57. The van der Waals surface area contributed by atoms with E-state index in [1.807, 2.05) is 32.3 Å². The van der Waals surface area contributed by atoms with E-state index in [-0.39, 0.29) is 0 Å². The van der Waals surface area contributed by atoms with Gasteiger partial charge >= 0.3 is 0 Å². The highest BCUT2D eigenvalue weighted by molar-refractivity contribution is 5.46. The van der Waals surface area contributed by atoms with Gasteiger partial charge < -0.3 is 20.1 Å². The fraction of sp³-hybridized carbons (Fsp3) is 0.538. The molecule has 0 aliphatic heterocycles. The third kappa shape index (κ3) is 4.24. The molecular formula is C13H22N2O2. The van der Waals surface area contributed by atoms with Crippen LogP contribution in [0.3, 0.4) is 0 Å². The van der Waals surface area contributed by atoms with Crippen molar-refractivity contribution >= 4 is 0 Å². The number of nitrogens with two attached hydrogens (primary N) is 1. The van der Waals surface area contributed by atoms with Crippen molar-refractivity contribution in [1.29, 1.82) is 0 Å². The van der Waals surface area contributed by atoms with E-state index in [0.717, 1.165) is 30.0 Å². The standard InChI is InChI=1S/C13H22N2O2/c1-15(2)9-10-17-13-11(7-8-14)5-4-6-12(13)16-3/h4-6H,7-10,14H2,1-3H3. The SMILES string of the molecule is COc1cccc(CCN)c1OCCN(C)C. The first kappa shape index (κ1) is 13.8. The molecule has 0 spiro atoms.